The van der Waals surface area contributed by atoms with E-state index < -0.39 is 0 Å². The van der Waals surface area contributed by atoms with Gasteiger partial charge in [0, 0.05) is 23.1 Å². The number of aromatic nitrogens is 2. The largest absolute Gasteiger partial charge is 0.232 e. The van der Waals surface area contributed by atoms with E-state index in [4.69, 9.17) is 23.2 Å². The number of benzene rings is 2. The highest BCUT2D eigenvalue weighted by molar-refractivity contribution is 6.30. The summed E-state index contributed by atoms with van der Waals surface area (Å²) in [7, 11) is 0. The third kappa shape index (κ3) is 3.60. The Labute approximate surface area is 133 Å². The normalized spacial score (nSPS) is 10.6. The van der Waals surface area contributed by atoms with E-state index in [1.165, 1.54) is 0 Å². The zero-order valence-corrected chi connectivity index (χ0v) is 12.6. The third-order valence-corrected chi connectivity index (χ3v) is 3.53. The molecule has 0 saturated heterocycles. The number of rotatable bonds is 3. The van der Waals surface area contributed by atoms with E-state index in [1.807, 2.05) is 54.6 Å². The molecule has 0 amide bonds. The van der Waals surface area contributed by atoms with Gasteiger partial charge in [-0.25, -0.2) is 9.97 Å². The fourth-order valence-electron chi connectivity index (χ4n) is 2.09. The maximum absolute atomic E-state index is 6.12. The van der Waals surface area contributed by atoms with Gasteiger partial charge in [0.1, 0.15) is 11.0 Å². The van der Waals surface area contributed by atoms with Crippen molar-refractivity contribution in [3.63, 3.8) is 0 Å². The van der Waals surface area contributed by atoms with Crippen LogP contribution in [0.2, 0.25) is 10.2 Å². The summed E-state index contributed by atoms with van der Waals surface area (Å²) in [5.74, 6) is 0.698. The average Bonchev–Trinajstić information content (AvgIpc) is 2.50. The lowest BCUT2D eigenvalue weighted by atomic mass is 10.1. The van der Waals surface area contributed by atoms with Crippen molar-refractivity contribution in [3.05, 3.63) is 82.2 Å². The summed E-state index contributed by atoms with van der Waals surface area (Å²) in [4.78, 5) is 8.89. The van der Waals surface area contributed by atoms with Crippen LogP contribution in [0, 0.1) is 0 Å². The molecule has 0 spiro atoms. The molecule has 1 aromatic heterocycles. The average molecular weight is 315 g/mol. The van der Waals surface area contributed by atoms with Gasteiger partial charge in [0.25, 0.3) is 0 Å². The maximum atomic E-state index is 6.12. The van der Waals surface area contributed by atoms with Gasteiger partial charge < -0.3 is 0 Å². The second-order valence-electron chi connectivity index (χ2n) is 4.66. The summed E-state index contributed by atoms with van der Waals surface area (Å²) in [6, 6.07) is 19.4. The van der Waals surface area contributed by atoms with Crippen molar-refractivity contribution < 1.29 is 0 Å². The van der Waals surface area contributed by atoms with Gasteiger partial charge in [0.2, 0.25) is 0 Å². The molecule has 2 nitrogen and oxygen atoms in total. The predicted molar refractivity (Wildman–Crippen MR) is 86.7 cm³/mol. The number of hydrogen-bond acceptors (Lipinski definition) is 2. The van der Waals surface area contributed by atoms with Crippen molar-refractivity contribution in [2.45, 2.75) is 6.42 Å². The van der Waals surface area contributed by atoms with Crippen molar-refractivity contribution in [2.75, 3.05) is 0 Å². The van der Waals surface area contributed by atoms with Gasteiger partial charge in [-0.15, -0.1) is 0 Å². The Balaban J connectivity index is 1.93. The lowest BCUT2D eigenvalue weighted by Gasteiger charge is -2.06. The fraction of sp³-hybridized carbons (Fsp3) is 0.0588. The van der Waals surface area contributed by atoms with Gasteiger partial charge in [0.15, 0.2) is 0 Å². The first-order chi connectivity index (χ1) is 10.2. The summed E-state index contributed by atoms with van der Waals surface area (Å²) in [6.45, 7) is 0. The van der Waals surface area contributed by atoms with E-state index in [2.05, 4.69) is 9.97 Å². The topological polar surface area (TPSA) is 25.8 Å². The van der Waals surface area contributed by atoms with Crippen LogP contribution in [0.25, 0.3) is 11.3 Å². The minimum atomic E-state index is 0.452. The molecule has 0 aliphatic rings. The molecule has 3 rings (SSSR count). The van der Waals surface area contributed by atoms with E-state index in [9.17, 15) is 0 Å². The van der Waals surface area contributed by atoms with E-state index in [0.29, 0.717) is 17.4 Å². The Morgan fingerprint density at radius 3 is 2.24 bits per heavy atom. The number of nitrogens with zero attached hydrogens (tertiary/aromatic N) is 2. The Bertz CT molecular complexity index is 740. The number of halogens is 2. The Kier molecular flexibility index (Phi) is 4.18. The Morgan fingerprint density at radius 1 is 0.810 bits per heavy atom. The highest BCUT2D eigenvalue weighted by atomic mass is 35.5. The van der Waals surface area contributed by atoms with Crippen LogP contribution in [0.15, 0.2) is 60.7 Å². The lowest BCUT2D eigenvalue weighted by Crippen LogP contribution is -1.98. The Morgan fingerprint density at radius 2 is 1.52 bits per heavy atom. The fourth-order valence-corrected chi connectivity index (χ4v) is 2.41. The van der Waals surface area contributed by atoms with Crippen molar-refractivity contribution >= 4 is 23.2 Å². The SMILES string of the molecule is Clc1ccc(Cc2nc(Cl)cc(-c3ccccc3)n2)cc1. The summed E-state index contributed by atoms with van der Waals surface area (Å²) in [5, 5.41) is 1.17. The van der Waals surface area contributed by atoms with E-state index in [0.717, 1.165) is 21.8 Å². The first kappa shape index (κ1) is 14.1. The highest BCUT2D eigenvalue weighted by Gasteiger charge is 2.06. The molecule has 2 aromatic carbocycles. The molecule has 0 fully saturated rings. The summed E-state index contributed by atoms with van der Waals surface area (Å²) >= 11 is 12.0. The molecule has 104 valence electrons. The van der Waals surface area contributed by atoms with Crippen LogP contribution in [0.5, 0.6) is 0 Å². The zero-order valence-electron chi connectivity index (χ0n) is 11.1. The smallest absolute Gasteiger partial charge is 0.135 e. The molecule has 0 atom stereocenters. The van der Waals surface area contributed by atoms with Crippen molar-refractivity contribution in [1.82, 2.24) is 9.97 Å². The molecular weight excluding hydrogens is 303 g/mol. The molecule has 0 aliphatic carbocycles. The van der Waals surface area contributed by atoms with Crippen LogP contribution >= 0.6 is 23.2 Å². The van der Waals surface area contributed by atoms with Crippen molar-refractivity contribution in [1.29, 1.82) is 0 Å². The molecule has 4 heteroatoms. The summed E-state index contributed by atoms with van der Waals surface area (Å²) in [5.41, 5.74) is 2.96. The van der Waals surface area contributed by atoms with E-state index in [1.54, 1.807) is 6.07 Å². The van der Waals surface area contributed by atoms with E-state index in [-0.39, 0.29) is 0 Å². The highest BCUT2D eigenvalue weighted by Crippen LogP contribution is 2.21. The first-order valence-corrected chi connectivity index (χ1v) is 7.29. The zero-order chi connectivity index (χ0) is 14.7. The molecule has 0 unspecified atom stereocenters. The third-order valence-electron chi connectivity index (χ3n) is 3.09. The van der Waals surface area contributed by atoms with Crippen LogP contribution < -0.4 is 0 Å². The lowest BCUT2D eigenvalue weighted by molar-refractivity contribution is 0.972. The second-order valence-corrected chi connectivity index (χ2v) is 5.49. The van der Waals surface area contributed by atoms with Crippen LogP contribution in [0.4, 0.5) is 0 Å². The first-order valence-electron chi connectivity index (χ1n) is 6.54. The van der Waals surface area contributed by atoms with Crippen LogP contribution in [0.3, 0.4) is 0 Å². The molecule has 0 saturated carbocycles. The maximum Gasteiger partial charge on any atom is 0.135 e. The minimum absolute atomic E-state index is 0.452. The van der Waals surface area contributed by atoms with Gasteiger partial charge in [-0.3, -0.25) is 0 Å². The monoisotopic (exact) mass is 314 g/mol. The van der Waals surface area contributed by atoms with Crippen molar-refractivity contribution in [3.8, 4) is 11.3 Å². The molecule has 0 radical (unpaired) electrons. The molecule has 1 heterocycles. The van der Waals surface area contributed by atoms with Gasteiger partial charge in [0.05, 0.1) is 5.69 Å². The van der Waals surface area contributed by atoms with Gasteiger partial charge >= 0.3 is 0 Å². The van der Waals surface area contributed by atoms with Crippen molar-refractivity contribution in [2.24, 2.45) is 0 Å². The predicted octanol–water partition coefficient (Wildman–Crippen LogP) is 5.04. The molecule has 0 aliphatic heterocycles. The van der Waals surface area contributed by atoms with Crippen LogP contribution in [-0.4, -0.2) is 9.97 Å². The van der Waals surface area contributed by atoms with Gasteiger partial charge in [-0.2, -0.15) is 0 Å². The van der Waals surface area contributed by atoms with Crippen LogP contribution in [-0.2, 0) is 6.42 Å². The number of hydrogen-bond donors (Lipinski definition) is 0. The molecule has 21 heavy (non-hydrogen) atoms. The molecule has 0 N–H and O–H groups in total. The molecule has 0 bridgehead atoms. The quantitative estimate of drug-likeness (QED) is 0.633. The van der Waals surface area contributed by atoms with Gasteiger partial charge in [-0.05, 0) is 17.7 Å². The minimum Gasteiger partial charge on any atom is -0.232 e. The van der Waals surface area contributed by atoms with Gasteiger partial charge in [-0.1, -0.05) is 65.7 Å². The van der Waals surface area contributed by atoms with Crippen LogP contribution in [0.1, 0.15) is 11.4 Å². The summed E-state index contributed by atoms with van der Waals surface area (Å²) in [6.07, 6.45) is 0.623. The Hall–Kier alpha value is -1.90. The second kappa shape index (κ2) is 6.25. The standard InChI is InChI=1S/C17H12Cl2N2/c18-14-8-6-12(7-9-14)10-17-20-15(11-16(19)21-17)13-4-2-1-3-5-13/h1-9,11H,10H2. The molecule has 3 aromatic rings. The van der Waals surface area contributed by atoms with E-state index >= 15 is 0 Å². The molecular formula is C17H12Cl2N2. The summed E-state index contributed by atoms with van der Waals surface area (Å²) < 4.78 is 0.